The molecule has 15 nitrogen and oxygen atoms in total. The Morgan fingerprint density at radius 3 is 1.64 bits per heavy atom. The third-order valence-electron chi connectivity index (χ3n) is 7.24. The number of nitrogens with one attached hydrogen (secondary N) is 2. The molecule has 0 saturated carbocycles. The van der Waals surface area contributed by atoms with E-state index in [4.69, 9.17) is 42.6 Å². The number of aliphatic carboxylic acids is 1. The molecule has 240 valence electrons. The van der Waals surface area contributed by atoms with E-state index in [0.29, 0.717) is 0 Å². The maximum absolute atomic E-state index is 13.5. The molecule has 4 aliphatic rings. The molecule has 4 heterocycles. The number of amides is 2. The fourth-order valence-electron chi connectivity index (χ4n) is 5.80. The molecule has 0 radical (unpaired) electrons. The van der Waals surface area contributed by atoms with Gasteiger partial charge in [-0.15, -0.1) is 0 Å². The number of fused-ring (bicyclic) bond motifs is 2. The summed E-state index contributed by atoms with van der Waals surface area (Å²) in [5, 5.41) is 15.1. The number of alkyl carbamates (subject to hydrolysis) is 1. The van der Waals surface area contributed by atoms with Gasteiger partial charge in [0.25, 0.3) is 0 Å². The predicted molar refractivity (Wildman–Crippen MR) is 141 cm³/mol. The molecule has 4 fully saturated rings. The van der Waals surface area contributed by atoms with E-state index in [2.05, 4.69) is 10.6 Å². The number of hydrogen-bond donors (Lipinski definition) is 3. The second kappa shape index (κ2) is 12.1. The summed E-state index contributed by atoms with van der Waals surface area (Å²) in [6.07, 6.45) is -7.57. The highest BCUT2D eigenvalue weighted by atomic mass is 16.9. The van der Waals surface area contributed by atoms with Crippen LogP contribution in [0.15, 0.2) is 0 Å². The SMILES string of the molecule is CO[C@@H]1[C@H]2OC(C)(C)O[C@H]2O[C@H]1C(CC(=O)O)NC(=O)CC(NC(=O)OC(C)(C)C)[C@@H]1O[C@@H]2OC(C)(C)O[C@@H]2[C@H]1OC. The molecule has 0 aromatic rings. The summed E-state index contributed by atoms with van der Waals surface area (Å²) in [6.45, 7) is 12.1. The van der Waals surface area contributed by atoms with Crippen molar-refractivity contribution >= 4 is 18.0 Å². The van der Waals surface area contributed by atoms with Crippen LogP contribution < -0.4 is 10.6 Å². The maximum atomic E-state index is 13.5. The van der Waals surface area contributed by atoms with Gasteiger partial charge in [-0.25, -0.2) is 4.79 Å². The third-order valence-corrected chi connectivity index (χ3v) is 7.24. The smallest absolute Gasteiger partial charge is 0.407 e. The summed E-state index contributed by atoms with van der Waals surface area (Å²) >= 11 is 0. The van der Waals surface area contributed by atoms with E-state index in [1.165, 1.54) is 14.2 Å². The Bertz CT molecular complexity index is 1010. The van der Waals surface area contributed by atoms with Crippen LogP contribution in [-0.2, 0) is 52.2 Å². The number of carbonyl (C=O) groups is 3. The Labute approximate surface area is 245 Å². The first-order chi connectivity index (χ1) is 19.4. The van der Waals surface area contributed by atoms with Crippen molar-refractivity contribution in [3.05, 3.63) is 0 Å². The van der Waals surface area contributed by atoms with Crippen LogP contribution in [0.2, 0.25) is 0 Å². The van der Waals surface area contributed by atoms with E-state index < -0.39 is 103 Å². The number of hydrogen-bond acceptors (Lipinski definition) is 12. The van der Waals surface area contributed by atoms with E-state index in [0.717, 1.165) is 0 Å². The minimum absolute atomic E-state index is 0.319. The largest absolute Gasteiger partial charge is 0.481 e. The van der Waals surface area contributed by atoms with Gasteiger partial charge in [0, 0.05) is 20.6 Å². The predicted octanol–water partition coefficient (Wildman–Crippen LogP) is 1.01. The standard InChI is InChI=1S/C27H44N2O13/c1-25(2,3)42-24(33)29-12(16-18(34-8)20-22(36-16)40-26(4,5)38-20)10-14(30)28-13(11-15(31)32)17-19(35-9)21-23(37-17)41-27(6,7)39-21/h12-13,16-23H,10-11H2,1-9H3,(H,28,30)(H,29,33)(H,31,32)/t12?,13?,16-,17-,18-,19-,20+,21+,22+,23+/m0/s1. The van der Waals surface area contributed by atoms with Gasteiger partial charge < -0.3 is 58.4 Å². The zero-order valence-electron chi connectivity index (χ0n) is 25.5. The van der Waals surface area contributed by atoms with Gasteiger partial charge in [0.05, 0.1) is 18.5 Å². The average Bonchev–Trinajstić information content (AvgIpc) is 3.50. The number of carboxylic acids is 1. The van der Waals surface area contributed by atoms with Gasteiger partial charge in [-0.3, -0.25) is 9.59 Å². The summed E-state index contributed by atoms with van der Waals surface area (Å²) in [4.78, 5) is 38.1. The fourth-order valence-corrected chi connectivity index (χ4v) is 5.80. The molecule has 0 aromatic carbocycles. The fraction of sp³-hybridized carbons (Fsp3) is 0.889. The van der Waals surface area contributed by atoms with Crippen molar-refractivity contribution in [2.24, 2.45) is 0 Å². The molecule has 10 atom stereocenters. The molecule has 4 saturated heterocycles. The molecule has 0 aliphatic carbocycles. The van der Waals surface area contributed by atoms with E-state index in [9.17, 15) is 19.5 Å². The highest BCUT2D eigenvalue weighted by Crippen LogP contribution is 2.41. The first-order valence-electron chi connectivity index (χ1n) is 14.0. The summed E-state index contributed by atoms with van der Waals surface area (Å²) in [7, 11) is 2.92. The second-order valence-corrected chi connectivity index (χ2v) is 12.8. The van der Waals surface area contributed by atoms with Crippen molar-refractivity contribution in [3.63, 3.8) is 0 Å². The molecule has 42 heavy (non-hydrogen) atoms. The maximum Gasteiger partial charge on any atom is 0.407 e. The van der Waals surface area contributed by atoms with E-state index in [1.54, 1.807) is 48.5 Å². The minimum atomic E-state index is -1.16. The van der Waals surface area contributed by atoms with Crippen LogP contribution in [0.3, 0.4) is 0 Å². The number of carbonyl (C=O) groups excluding carboxylic acids is 2. The van der Waals surface area contributed by atoms with E-state index in [-0.39, 0.29) is 6.42 Å². The van der Waals surface area contributed by atoms with E-state index in [1.807, 2.05) is 0 Å². The van der Waals surface area contributed by atoms with Gasteiger partial charge in [0.15, 0.2) is 24.2 Å². The lowest BCUT2D eigenvalue weighted by molar-refractivity contribution is -0.220. The molecule has 4 rings (SSSR count). The molecule has 0 aromatic heterocycles. The Morgan fingerprint density at radius 2 is 1.24 bits per heavy atom. The zero-order chi connectivity index (χ0) is 31.2. The van der Waals surface area contributed by atoms with Gasteiger partial charge in [-0.1, -0.05) is 0 Å². The summed E-state index contributed by atoms with van der Waals surface area (Å²) in [5.74, 6) is -3.57. The molecule has 4 aliphatic heterocycles. The van der Waals surface area contributed by atoms with Crippen molar-refractivity contribution in [1.82, 2.24) is 10.6 Å². The highest BCUT2D eigenvalue weighted by Gasteiger charge is 2.59. The van der Waals surface area contributed by atoms with Crippen molar-refractivity contribution < 1.29 is 62.1 Å². The van der Waals surface area contributed by atoms with Gasteiger partial charge >= 0.3 is 12.1 Å². The Kier molecular flexibility index (Phi) is 9.46. The Balaban J connectivity index is 1.51. The van der Waals surface area contributed by atoms with Crippen molar-refractivity contribution in [2.45, 2.75) is 140 Å². The molecule has 15 heteroatoms. The van der Waals surface area contributed by atoms with Crippen LogP contribution in [0, 0.1) is 0 Å². The highest BCUT2D eigenvalue weighted by molar-refractivity contribution is 5.79. The van der Waals surface area contributed by atoms with Crippen LogP contribution in [-0.4, -0.2) is 116 Å². The lowest BCUT2D eigenvalue weighted by Gasteiger charge is -2.33. The average molecular weight is 605 g/mol. The molecule has 3 N–H and O–H groups in total. The van der Waals surface area contributed by atoms with Crippen LogP contribution in [0.5, 0.6) is 0 Å². The molecule has 2 amide bonds. The first kappa shape index (κ1) is 32.8. The van der Waals surface area contributed by atoms with Gasteiger partial charge in [-0.05, 0) is 48.5 Å². The molecule has 2 unspecified atom stereocenters. The topological polar surface area (TPSA) is 179 Å². The quantitative estimate of drug-likeness (QED) is 0.322. The van der Waals surface area contributed by atoms with Crippen LogP contribution in [0.1, 0.15) is 61.3 Å². The molecule has 0 spiro atoms. The number of rotatable bonds is 10. The molecule has 0 bridgehead atoms. The van der Waals surface area contributed by atoms with E-state index >= 15 is 0 Å². The van der Waals surface area contributed by atoms with Crippen molar-refractivity contribution in [3.8, 4) is 0 Å². The van der Waals surface area contributed by atoms with Crippen molar-refractivity contribution in [2.75, 3.05) is 14.2 Å². The summed E-state index contributed by atoms with van der Waals surface area (Å²) in [5.41, 5.74) is -0.806. The lowest BCUT2D eigenvalue weighted by atomic mass is 9.98. The number of ether oxygens (including phenoxy) is 9. The van der Waals surface area contributed by atoms with Crippen LogP contribution in [0.4, 0.5) is 4.79 Å². The molecular formula is C27H44N2O13. The third kappa shape index (κ3) is 7.50. The van der Waals surface area contributed by atoms with Crippen LogP contribution in [0.25, 0.3) is 0 Å². The Hall–Kier alpha value is -2.11. The molecular weight excluding hydrogens is 560 g/mol. The second-order valence-electron chi connectivity index (χ2n) is 12.8. The Morgan fingerprint density at radius 1 is 0.786 bits per heavy atom. The van der Waals surface area contributed by atoms with Crippen LogP contribution >= 0.6 is 0 Å². The first-order valence-corrected chi connectivity index (χ1v) is 14.0. The number of carboxylic acid groups (broad SMARTS) is 1. The van der Waals surface area contributed by atoms with Gasteiger partial charge in [0.1, 0.15) is 42.2 Å². The normalized spacial score (nSPS) is 36.1. The minimum Gasteiger partial charge on any atom is -0.481 e. The van der Waals surface area contributed by atoms with Gasteiger partial charge in [-0.2, -0.15) is 0 Å². The van der Waals surface area contributed by atoms with Gasteiger partial charge in [0.2, 0.25) is 5.91 Å². The summed E-state index contributed by atoms with van der Waals surface area (Å²) in [6, 6.07) is -1.98. The number of methoxy groups -OCH3 is 2. The summed E-state index contributed by atoms with van der Waals surface area (Å²) < 4.78 is 52.3. The zero-order valence-corrected chi connectivity index (χ0v) is 25.5. The monoisotopic (exact) mass is 604 g/mol. The van der Waals surface area contributed by atoms with Crippen molar-refractivity contribution in [1.29, 1.82) is 0 Å². The lowest BCUT2D eigenvalue weighted by Crippen LogP contribution is -2.55.